The molecule has 0 bridgehead atoms. The van der Waals surface area contributed by atoms with Crippen LogP contribution in [0.2, 0.25) is 0 Å². The van der Waals surface area contributed by atoms with Crippen molar-refractivity contribution in [3.8, 4) is 0 Å². The maximum atomic E-state index is 12.8. The first kappa shape index (κ1) is 17.7. The Balaban J connectivity index is 1.58. The Morgan fingerprint density at radius 3 is 2.63 bits per heavy atom. The second-order valence-corrected chi connectivity index (χ2v) is 7.15. The standard InChI is InChI=1S/C20H24N4O3/c1-27-13-17(25)24-10-7-16-18(22-14-21-16)20(24)8-11-23(12-9-20)19(26)15-5-3-2-4-6-15/h2-6,14H,7-13H2,1H3,(H,21,22). The molecule has 7 nitrogen and oxygen atoms in total. The Morgan fingerprint density at radius 1 is 1.19 bits per heavy atom. The molecule has 0 unspecified atom stereocenters. The molecule has 1 fully saturated rings. The summed E-state index contributed by atoms with van der Waals surface area (Å²) in [5.74, 6) is 0.0206. The average Bonchev–Trinajstić information content (AvgIpc) is 3.19. The summed E-state index contributed by atoms with van der Waals surface area (Å²) in [5, 5.41) is 0. The molecule has 1 saturated heterocycles. The number of methoxy groups -OCH3 is 1. The molecule has 2 aromatic rings. The van der Waals surface area contributed by atoms with Gasteiger partial charge in [-0.05, 0) is 25.0 Å². The topological polar surface area (TPSA) is 78.5 Å². The van der Waals surface area contributed by atoms with E-state index in [1.807, 2.05) is 40.1 Å². The van der Waals surface area contributed by atoms with Gasteiger partial charge in [0.2, 0.25) is 5.91 Å². The molecular weight excluding hydrogens is 344 g/mol. The van der Waals surface area contributed by atoms with E-state index in [9.17, 15) is 9.59 Å². The Hall–Kier alpha value is -2.67. The van der Waals surface area contributed by atoms with Crippen LogP contribution in [0.5, 0.6) is 0 Å². The number of nitrogens with one attached hydrogen (secondary N) is 1. The molecule has 4 rings (SSSR count). The second kappa shape index (κ2) is 7.15. The number of hydrogen-bond donors (Lipinski definition) is 1. The number of ether oxygens (including phenoxy) is 1. The molecule has 0 atom stereocenters. The number of amides is 2. The van der Waals surface area contributed by atoms with Crippen LogP contribution in [0, 0.1) is 0 Å². The van der Waals surface area contributed by atoms with Gasteiger partial charge in [-0.15, -0.1) is 0 Å². The normalized spacial score (nSPS) is 18.4. The number of carbonyl (C=O) groups excluding carboxylic acids is 2. The minimum absolute atomic E-state index is 0.0195. The lowest BCUT2D eigenvalue weighted by Crippen LogP contribution is -2.59. The van der Waals surface area contributed by atoms with Crippen molar-refractivity contribution in [2.45, 2.75) is 24.8 Å². The molecule has 1 aromatic heterocycles. The summed E-state index contributed by atoms with van der Waals surface area (Å²) >= 11 is 0. The van der Waals surface area contributed by atoms with E-state index >= 15 is 0 Å². The zero-order valence-electron chi connectivity index (χ0n) is 15.5. The average molecular weight is 368 g/mol. The van der Waals surface area contributed by atoms with E-state index in [0.29, 0.717) is 38.0 Å². The first-order valence-corrected chi connectivity index (χ1v) is 9.32. The molecule has 0 saturated carbocycles. The van der Waals surface area contributed by atoms with Crippen LogP contribution in [0.4, 0.5) is 0 Å². The highest BCUT2D eigenvalue weighted by atomic mass is 16.5. The third-order valence-corrected chi connectivity index (χ3v) is 5.73. The van der Waals surface area contributed by atoms with E-state index in [1.54, 1.807) is 6.33 Å². The number of imidazole rings is 1. The van der Waals surface area contributed by atoms with Crippen LogP contribution >= 0.6 is 0 Å². The van der Waals surface area contributed by atoms with Gasteiger partial charge in [0, 0.05) is 44.4 Å². The molecule has 1 N–H and O–H groups in total. The molecule has 0 aliphatic carbocycles. The van der Waals surface area contributed by atoms with E-state index in [-0.39, 0.29) is 18.4 Å². The maximum absolute atomic E-state index is 12.8. The first-order chi connectivity index (χ1) is 13.2. The Labute approximate surface area is 158 Å². The van der Waals surface area contributed by atoms with E-state index < -0.39 is 5.54 Å². The number of H-pyrrole nitrogens is 1. The molecule has 2 aliphatic rings. The molecular formula is C20H24N4O3. The molecule has 0 radical (unpaired) electrons. The number of rotatable bonds is 3. The quantitative estimate of drug-likeness (QED) is 0.892. The number of hydrogen-bond acceptors (Lipinski definition) is 4. The summed E-state index contributed by atoms with van der Waals surface area (Å²) < 4.78 is 5.09. The van der Waals surface area contributed by atoms with Crippen molar-refractivity contribution in [2.75, 3.05) is 33.4 Å². The number of carbonyl (C=O) groups is 2. The fourth-order valence-corrected chi connectivity index (χ4v) is 4.39. The molecule has 1 aromatic carbocycles. The van der Waals surface area contributed by atoms with Gasteiger partial charge in [-0.1, -0.05) is 18.2 Å². The fourth-order valence-electron chi connectivity index (χ4n) is 4.39. The number of fused-ring (bicyclic) bond motifs is 2. The van der Waals surface area contributed by atoms with E-state index in [0.717, 1.165) is 17.8 Å². The predicted octanol–water partition coefficient (Wildman–Crippen LogP) is 1.57. The molecule has 3 heterocycles. The van der Waals surface area contributed by atoms with Gasteiger partial charge in [-0.2, -0.15) is 0 Å². The van der Waals surface area contributed by atoms with Crippen LogP contribution in [-0.4, -0.2) is 64.9 Å². The van der Waals surface area contributed by atoms with Gasteiger partial charge in [0.15, 0.2) is 0 Å². The van der Waals surface area contributed by atoms with E-state index in [1.165, 1.54) is 7.11 Å². The first-order valence-electron chi connectivity index (χ1n) is 9.32. The SMILES string of the molecule is COCC(=O)N1CCc2[nH]cnc2C12CCN(C(=O)c1ccccc1)CC2. The van der Waals surface area contributed by atoms with Gasteiger partial charge in [0.1, 0.15) is 6.61 Å². The lowest BCUT2D eigenvalue weighted by atomic mass is 9.78. The molecule has 142 valence electrons. The van der Waals surface area contributed by atoms with Gasteiger partial charge < -0.3 is 19.5 Å². The predicted molar refractivity (Wildman–Crippen MR) is 99.1 cm³/mol. The minimum Gasteiger partial charge on any atom is -0.375 e. The third kappa shape index (κ3) is 3.02. The summed E-state index contributed by atoms with van der Waals surface area (Å²) in [7, 11) is 1.54. The highest BCUT2D eigenvalue weighted by Crippen LogP contribution is 2.42. The van der Waals surface area contributed by atoms with Crippen LogP contribution < -0.4 is 0 Å². The lowest BCUT2D eigenvalue weighted by Gasteiger charge is -2.50. The second-order valence-electron chi connectivity index (χ2n) is 7.15. The van der Waals surface area contributed by atoms with Crippen molar-refractivity contribution in [2.24, 2.45) is 0 Å². The smallest absolute Gasteiger partial charge is 0.253 e. The van der Waals surface area contributed by atoms with Crippen molar-refractivity contribution < 1.29 is 14.3 Å². The van der Waals surface area contributed by atoms with Gasteiger partial charge in [-0.3, -0.25) is 9.59 Å². The van der Waals surface area contributed by atoms with Gasteiger partial charge in [-0.25, -0.2) is 4.98 Å². The van der Waals surface area contributed by atoms with Crippen LogP contribution in [-0.2, 0) is 21.5 Å². The van der Waals surface area contributed by atoms with Crippen molar-refractivity contribution in [1.29, 1.82) is 0 Å². The molecule has 7 heteroatoms. The van der Waals surface area contributed by atoms with E-state index in [2.05, 4.69) is 9.97 Å². The number of aromatic amines is 1. The highest BCUT2D eigenvalue weighted by Gasteiger charge is 2.49. The number of likely N-dealkylation sites (tertiary alicyclic amines) is 1. The minimum atomic E-state index is -0.462. The summed E-state index contributed by atoms with van der Waals surface area (Å²) in [6, 6.07) is 9.34. The number of benzene rings is 1. The van der Waals surface area contributed by atoms with Crippen LogP contribution in [0.15, 0.2) is 36.7 Å². The summed E-state index contributed by atoms with van der Waals surface area (Å²) in [6.45, 7) is 1.89. The lowest BCUT2D eigenvalue weighted by molar-refractivity contribution is -0.145. The molecule has 2 amide bonds. The molecule has 1 spiro atoms. The van der Waals surface area contributed by atoms with Crippen LogP contribution in [0.1, 0.15) is 34.6 Å². The molecule has 27 heavy (non-hydrogen) atoms. The maximum Gasteiger partial charge on any atom is 0.253 e. The highest BCUT2D eigenvalue weighted by molar-refractivity contribution is 5.94. The van der Waals surface area contributed by atoms with Gasteiger partial charge >= 0.3 is 0 Å². The Morgan fingerprint density at radius 2 is 1.93 bits per heavy atom. The summed E-state index contributed by atoms with van der Waals surface area (Å²) in [4.78, 5) is 37.1. The number of piperidine rings is 1. The fraction of sp³-hybridized carbons (Fsp3) is 0.450. The Bertz CT molecular complexity index is 825. The van der Waals surface area contributed by atoms with Gasteiger partial charge in [0.25, 0.3) is 5.91 Å². The Kier molecular flexibility index (Phi) is 4.70. The molecule has 2 aliphatic heterocycles. The zero-order valence-corrected chi connectivity index (χ0v) is 15.5. The van der Waals surface area contributed by atoms with E-state index in [4.69, 9.17) is 4.74 Å². The van der Waals surface area contributed by atoms with Crippen molar-refractivity contribution in [3.05, 3.63) is 53.6 Å². The van der Waals surface area contributed by atoms with Crippen LogP contribution in [0.3, 0.4) is 0 Å². The van der Waals surface area contributed by atoms with Crippen molar-refractivity contribution in [1.82, 2.24) is 19.8 Å². The van der Waals surface area contributed by atoms with Gasteiger partial charge in [0.05, 0.1) is 17.6 Å². The van der Waals surface area contributed by atoms with Crippen molar-refractivity contribution in [3.63, 3.8) is 0 Å². The van der Waals surface area contributed by atoms with Crippen LogP contribution in [0.25, 0.3) is 0 Å². The third-order valence-electron chi connectivity index (χ3n) is 5.73. The van der Waals surface area contributed by atoms with Crippen molar-refractivity contribution >= 4 is 11.8 Å². The number of nitrogens with zero attached hydrogens (tertiary/aromatic N) is 3. The zero-order chi connectivity index (χ0) is 18.9. The monoisotopic (exact) mass is 368 g/mol. The number of aromatic nitrogens is 2. The largest absolute Gasteiger partial charge is 0.375 e. The summed E-state index contributed by atoms with van der Waals surface area (Å²) in [6.07, 6.45) is 3.83. The summed E-state index contributed by atoms with van der Waals surface area (Å²) in [5.41, 5.74) is 2.28.